The Morgan fingerprint density at radius 3 is 2.32 bits per heavy atom. The number of nitrogens with one attached hydrogen (secondary N) is 2. The van der Waals surface area contributed by atoms with E-state index in [4.69, 9.17) is 0 Å². The molecule has 1 fully saturated rings. The summed E-state index contributed by atoms with van der Waals surface area (Å²) in [5.41, 5.74) is 3.27. The fourth-order valence-electron chi connectivity index (χ4n) is 2.86. The van der Waals surface area contributed by atoms with Crippen LogP contribution in [0.25, 0.3) is 11.1 Å². The zero-order chi connectivity index (χ0) is 20.5. The Morgan fingerprint density at radius 2 is 1.79 bits per heavy atom. The van der Waals surface area contributed by atoms with Crippen molar-refractivity contribution in [2.24, 2.45) is 5.92 Å². The topological polar surface area (TPSA) is 58.2 Å². The van der Waals surface area contributed by atoms with Crippen LogP contribution in [0, 0.1) is 5.92 Å². The van der Waals surface area contributed by atoms with Gasteiger partial charge in [0.05, 0.1) is 4.75 Å². The minimum absolute atomic E-state index is 0.523. The number of rotatable bonds is 8. The standard InChI is InChI=1S/C22H32N2O2S2/c1-15(2)12-19-13-20(21(27-19)24-28(25,26)22(3,4)5)17-8-6-16(7-9-17)14-23-18-10-11-18/h6-9,13,15,18,23-24H,10-12,14H2,1-5H3. The van der Waals surface area contributed by atoms with Crippen LogP contribution in [0.4, 0.5) is 5.00 Å². The fourth-order valence-corrected chi connectivity index (χ4v) is 5.16. The van der Waals surface area contributed by atoms with Crippen LogP contribution < -0.4 is 10.0 Å². The third-order valence-corrected chi connectivity index (χ3v) is 8.15. The Balaban J connectivity index is 1.88. The molecule has 1 saturated carbocycles. The molecule has 1 aliphatic carbocycles. The Kier molecular flexibility index (Phi) is 6.23. The quantitative estimate of drug-likeness (QED) is 0.601. The van der Waals surface area contributed by atoms with Gasteiger partial charge in [0, 0.05) is 23.0 Å². The van der Waals surface area contributed by atoms with Crippen LogP contribution in [-0.2, 0) is 23.0 Å². The number of anilines is 1. The average molecular weight is 421 g/mol. The minimum atomic E-state index is -3.47. The van der Waals surface area contributed by atoms with E-state index in [0.717, 1.165) is 29.1 Å². The van der Waals surface area contributed by atoms with Crippen LogP contribution in [0.15, 0.2) is 30.3 Å². The third kappa shape index (κ3) is 5.37. The van der Waals surface area contributed by atoms with Gasteiger partial charge >= 0.3 is 0 Å². The summed E-state index contributed by atoms with van der Waals surface area (Å²) in [5, 5.41) is 4.24. The van der Waals surface area contributed by atoms with Crippen molar-refractivity contribution < 1.29 is 8.42 Å². The molecule has 154 valence electrons. The number of hydrogen-bond acceptors (Lipinski definition) is 4. The maximum absolute atomic E-state index is 12.7. The third-order valence-electron chi connectivity index (χ3n) is 4.86. The Morgan fingerprint density at radius 1 is 1.14 bits per heavy atom. The van der Waals surface area contributed by atoms with Crippen molar-refractivity contribution in [2.75, 3.05) is 4.72 Å². The van der Waals surface area contributed by atoms with Crippen molar-refractivity contribution in [3.63, 3.8) is 0 Å². The monoisotopic (exact) mass is 420 g/mol. The molecule has 2 aromatic rings. The van der Waals surface area contributed by atoms with E-state index in [1.165, 1.54) is 23.3 Å². The predicted molar refractivity (Wildman–Crippen MR) is 120 cm³/mol. The molecular weight excluding hydrogens is 388 g/mol. The SMILES string of the molecule is CC(C)Cc1cc(-c2ccc(CNC3CC3)cc2)c(NS(=O)(=O)C(C)(C)C)s1. The molecule has 1 heterocycles. The lowest BCUT2D eigenvalue weighted by Gasteiger charge is -2.20. The average Bonchev–Trinajstić information content (AvgIpc) is 3.33. The first-order chi connectivity index (χ1) is 13.0. The van der Waals surface area contributed by atoms with Gasteiger partial charge in [-0.1, -0.05) is 38.1 Å². The minimum Gasteiger partial charge on any atom is -0.310 e. The molecule has 0 bridgehead atoms. The maximum atomic E-state index is 12.7. The molecule has 4 nitrogen and oxygen atoms in total. The number of benzene rings is 1. The molecule has 0 aliphatic heterocycles. The van der Waals surface area contributed by atoms with Gasteiger partial charge in [0.25, 0.3) is 0 Å². The summed E-state index contributed by atoms with van der Waals surface area (Å²) in [6.07, 6.45) is 3.50. The van der Waals surface area contributed by atoms with E-state index in [1.54, 1.807) is 32.1 Å². The molecule has 0 saturated heterocycles. The van der Waals surface area contributed by atoms with Crippen LogP contribution in [-0.4, -0.2) is 19.2 Å². The number of thiophene rings is 1. The van der Waals surface area contributed by atoms with Crippen LogP contribution >= 0.6 is 11.3 Å². The molecule has 0 spiro atoms. The second-order valence-corrected chi connectivity index (χ2v) is 12.7. The summed E-state index contributed by atoms with van der Waals surface area (Å²) in [7, 11) is -3.47. The van der Waals surface area contributed by atoms with Gasteiger partial charge in [0.15, 0.2) is 0 Å². The smallest absolute Gasteiger partial charge is 0.238 e. The predicted octanol–water partition coefficient (Wildman–Crippen LogP) is 5.41. The molecule has 0 atom stereocenters. The van der Waals surface area contributed by atoms with E-state index in [-0.39, 0.29) is 0 Å². The highest BCUT2D eigenvalue weighted by molar-refractivity contribution is 7.94. The lowest BCUT2D eigenvalue weighted by atomic mass is 10.0. The molecule has 6 heteroatoms. The highest BCUT2D eigenvalue weighted by Gasteiger charge is 2.30. The van der Waals surface area contributed by atoms with Crippen molar-refractivity contribution in [3.05, 3.63) is 40.8 Å². The Labute approximate surface area is 173 Å². The summed E-state index contributed by atoms with van der Waals surface area (Å²) in [6.45, 7) is 10.4. The normalized spacial score (nSPS) is 15.2. The van der Waals surface area contributed by atoms with Gasteiger partial charge in [-0.25, -0.2) is 8.42 Å². The molecular formula is C22H32N2O2S2. The van der Waals surface area contributed by atoms with Crippen LogP contribution in [0.5, 0.6) is 0 Å². The van der Waals surface area contributed by atoms with Gasteiger partial charge in [0.1, 0.15) is 5.00 Å². The zero-order valence-corrected chi connectivity index (χ0v) is 19.1. The van der Waals surface area contributed by atoms with Gasteiger partial charge in [0.2, 0.25) is 10.0 Å². The lowest BCUT2D eigenvalue weighted by Crippen LogP contribution is -2.33. The zero-order valence-electron chi connectivity index (χ0n) is 17.5. The van der Waals surface area contributed by atoms with Gasteiger partial charge in [-0.3, -0.25) is 4.72 Å². The highest BCUT2D eigenvalue weighted by atomic mass is 32.2. The van der Waals surface area contributed by atoms with E-state index >= 15 is 0 Å². The second-order valence-electron chi connectivity index (χ2n) is 9.12. The van der Waals surface area contributed by atoms with Gasteiger partial charge in [-0.15, -0.1) is 11.3 Å². The maximum Gasteiger partial charge on any atom is 0.238 e. The first-order valence-corrected chi connectivity index (χ1v) is 12.3. The van der Waals surface area contributed by atoms with Gasteiger partial charge < -0.3 is 5.32 Å². The highest BCUT2D eigenvalue weighted by Crippen LogP contribution is 2.39. The van der Waals surface area contributed by atoms with Crippen molar-refractivity contribution >= 4 is 26.4 Å². The largest absolute Gasteiger partial charge is 0.310 e. The molecule has 0 unspecified atom stereocenters. The Hall–Kier alpha value is -1.37. The van der Waals surface area contributed by atoms with Gasteiger partial charge in [-0.05, 0) is 63.1 Å². The van der Waals surface area contributed by atoms with Crippen LogP contribution in [0.1, 0.15) is 57.9 Å². The van der Waals surface area contributed by atoms with E-state index in [9.17, 15) is 8.42 Å². The molecule has 1 aromatic heterocycles. The molecule has 0 radical (unpaired) electrons. The fraction of sp³-hybridized carbons (Fsp3) is 0.545. The van der Waals surface area contributed by atoms with Crippen molar-refractivity contribution in [2.45, 2.75) is 71.2 Å². The van der Waals surface area contributed by atoms with Crippen molar-refractivity contribution in [3.8, 4) is 11.1 Å². The number of hydrogen-bond donors (Lipinski definition) is 2. The van der Waals surface area contributed by atoms with Crippen molar-refractivity contribution in [1.82, 2.24) is 5.32 Å². The van der Waals surface area contributed by atoms with E-state index in [2.05, 4.69) is 54.2 Å². The first kappa shape index (κ1) is 21.3. The summed E-state index contributed by atoms with van der Waals surface area (Å²) in [6, 6.07) is 11.3. The summed E-state index contributed by atoms with van der Waals surface area (Å²) >= 11 is 1.55. The van der Waals surface area contributed by atoms with Crippen LogP contribution in [0.3, 0.4) is 0 Å². The van der Waals surface area contributed by atoms with E-state index < -0.39 is 14.8 Å². The second kappa shape index (κ2) is 8.17. The molecule has 28 heavy (non-hydrogen) atoms. The van der Waals surface area contributed by atoms with Crippen molar-refractivity contribution in [1.29, 1.82) is 0 Å². The van der Waals surface area contributed by atoms with Gasteiger partial charge in [-0.2, -0.15) is 0 Å². The van der Waals surface area contributed by atoms with E-state index in [0.29, 0.717) is 12.0 Å². The molecule has 1 aliphatic rings. The number of sulfonamides is 1. The Bertz CT molecular complexity index is 903. The molecule has 0 amide bonds. The molecule has 2 N–H and O–H groups in total. The lowest BCUT2D eigenvalue weighted by molar-refractivity contribution is 0.566. The van der Waals surface area contributed by atoms with E-state index in [1.807, 2.05) is 0 Å². The first-order valence-electron chi connectivity index (χ1n) is 10.0. The molecule has 1 aromatic carbocycles. The summed E-state index contributed by atoms with van der Waals surface area (Å²) in [4.78, 5) is 1.20. The summed E-state index contributed by atoms with van der Waals surface area (Å²) in [5.74, 6) is 0.523. The molecule has 3 rings (SSSR count). The summed E-state index contributed by atoms with van der Waals surface area (Å²) < 4.78 is 27.5. The van der Waals surface area contributed by atoms with Crippen LogP contribution in [0.2, 0.25) is 0 Å².